The van der Waals surface area contributed by atoms with Gasteiger partial charge in [-0.1, -0.05) is 33.1 Å². The molecule has 0 bridgehead atoms. The summed E-state index contributed by atoms with van der Waals surface area (Å²) in [6, 6.07) is -0.333. The first-order valence-electron chi connectivity index (χ1n) is 8.57. The second-order valence-electron chi connectivity index (χ2n) is 7.02. The predicted molar refractivity (Wildman–Crippen MR) is 83.8 cm³/mol. The molecule has 1 aliphatic heterocycles. The first kappa shape index (κ1) is 16.3. The van der Waals surface area contributed by atoms with Crippen LogP contribution in [-0.4, -0.2) is 34.8 Å². The van der Waals surface area contributed by atoms with E-state index >= 15 is 0 Å². The average molecular weight is 294 g/mol. The van der Waals surface area contributed by atoms with Crippen molar-refractivity contribution in [1.82, 2.24) is 10.2 Å². The summed E-state index contributed by atoms with van der Waals surface area (Å²) in [7, 11) is 0. The number of carbonyl (C=O) groups excluding carboxylic acids is 2. The average Bonchev–Trinajstić information content (AvgIpc) is 3.29. The molecule has 21 heavy (non-hydrogen) atoms. The van der Waals surface area contributed by atoms with Crippen LogP contribution in [0.25, 0.3) is 0 Å². The van der Waals surface area contributed by atoms with Crippen molar-refractivity contribution in [1.29, 1.82) is 0 Å². The second kappa shape index (κ2) is 6.37. The van der Waals surface area contributed by atoms with E-state index in [1.165, 1.54) is 12.8 Å². The molecule has 3 unspecified atom stereocenters. The Morgan fingerprint density at radius 2 is 2.00 bits per heavy atom. The van der Waals surface area contributed by atoms with Crippen LogP contribution in [0.15, 0.2) is 0 Å². The zero-order valence-corrected chi connectivity index (χ0v) is 13.9. The molecule has 120 valence electrons. The number of rotatable bonds is 7. The van der Waals surface area contributed by atoms with Crippen molar-refractivity contribution < 1.29 is 9.59 Å². The molecule has 4 nitrogen and oxygen atoms in total. The van der Waals surface area contributed by atoms with E-state index in [0.717, 1.165) is 32.2 Å². The maximum absolute atomic E-state index is 12.9. The van der Waals surface area contributed by atoms with Crippen molar-refractivity contribution >= 4 is 11.8 Å². The van der Waals surface area contributed by atoms with Crippen LogP contribution in [0.1, 0.15) is 66.2 Å². The highest BCUT2D eigenvalue weighted by molar-refractivity contribution is 5.99. The SMILES string of the molecule is CCCCC(CC)CN1C(=O)C(C)(C2CC2)NC(=O)C1C. The molecule has 3 atom stereocenters. The van der Waals surface area contributed by atoms with E-state index in [0.29, 0.717) is 11.8 Å². The smallest absolute Gasteiger partial charge is 0.249 e. The highest BCUT2D eigenvalue weighted by atomic mass is 16.2. The van der Waals surface area contributed by atoms with Crippen molar-refractivity contribution in [3.8, 4) is 0 Å². The molecule has 0 aromatic carbocycles. The lowest BCUT2D eigenvalue weighted by Crippen LogP contribution is -2.70. The predicted octanol–water partition coefficient (Wildman–Crippen LogP) is 2.72. The number of unbranched alkanes of at least 4 members (excludes halogenated alkanes) is 1. The summed E-state index contributed by atoms with van der Waals surface area (Å²) in [5, 5.41) is 2.99. The quantitative estimate of drug-likeness (QED) is 0.785. The maximum Gasteiger partial charge on any atom is 0.249 e. The van der Waals surface area contributed by atoms with E-state index in [1.807, 2.05) is 18.7 Å². The summed E-state index contributed by atoms with van der Waals surface area (Å²) < 4.78 is 0. The van der Waals surface area contributed by atoms with E-state index in [4.69, 9.17) is 0 Å². The molecular weight excluding hydrogens is 264 g/mol. The lowest BCUT2D eigenvalue weighted by atomic mass is 9.88. The van der Waals surface area contributed by atoms with Gasteiger partial charge in [0.2, 0.25) is 11.8 Å². The molecule has 2 fully saturated rings. The summed E-state index contributed by atoms with van der Waals surface area (Å²) >= 11 is 0. The number of nitrogens with one attached hydrogen (secondary N) is 1. The Kier molecular flexibility index (Phi) is 4.95. The third-order valence-electron chi connectivity index (χ3n) is 5.33. The monoisotopic (exact) mass is 294 g/mol. The van der Waals surface area contributed by atoms with Gasteiger partial charge in [-0.2, -0.15) is 0 Å². The van der Waals surface area contributed by atoms with Gasteiger partial charge in [0.15, 0.2) is 0 Å². The van der Waals surface area contributed by atoms with Gasteiger partial charge >= 0.3 is 0 Å². The van der Waals surface area contributed by atoms with Crippen LogP contribution in [-0.2, 0) is 9.59 Å². The first-order valence-corrected chi connectivity index (χ1v) is 8.57. The van der Waals surface area contributed by atoms with Gasteiger partial charge in [0, 0.05) is 6.54 Å². The number of hydrogen-bond acceptors (Lipinski definition) is 2. The summed E-state index contributed by atoms with van der Waals surface area (Å²) in [4.78, 5) is 27.0. The molecule has 0 spiro atoms. The molecule has 2 amide bonds. The fourth-order valence-corrected chi connectivity index (χ4v) is 3.40. The molecule has 1 aliphatic carbocycles. The second-order valence-corrected chi connectivity index (χ2v) is 7.02. The molecule has 0 radical (unpaired) electrons. The van der Waals surface area contributed by atoms with Crippen LogP contribution in [0.4, 0.5) is 0 Å². The van der Waals surface area contributed by atoms with Gasteiger partial charge in [-0.3, -0.25) is 9.59 Å². The van der Waals surface area contributed by atoms with E-state index < -0.39 is 5.54 Å². The molecular formula is C17H30N2O2. The summed E-state index contributed by atoms with van der Waals surface area (Å²) in [5.74, 6) is 0.978. The number of hydrogen-bond donors (Lipinski definition) is 1. The van der Waals surface area contributed by atoms with Gasteiger partial charge in [-0.15, -0.1) is 0 Å². The topological polar surface area (TPSA) is 49.4 Å². The van der Waals surface area contributed by atoms with Crippen molar-refractivity contribution in [2.45, 2.75) is 77.8 Å². The fourth-order valence-electron chi connectivity index (χ4n) is 3.40. The molecule has 0 aromatic heterocycles. The molecule has 2 aliphatic rings. The molecule has 0 aromatic rings. The van der Waals surface area contributed by atoms with E-state index in [1.54, 1.807) is 0 Å². The van der Waals surface area contributed by atoms with Crippen LogP contribution in [0, 0.1) is 11.8 Å². The van der Waals surface area contributed by atoms with Crippen LogP contribution in [0.5, 0.6) is 0 Å². The fraction of sp³-hybridized carbons (Fsp3) is 0.882. The molecule has 1 heterocycles. The summed E-state index contributed by atoms with van der Waals surface area (Å²) in [5.41, 5.74) is -0.660. The van der Waals surface area contributed by atoms with Crippen molar-refractivity contribution in [2.24, 2.45) is 11.8 Å². The normalized spacial score (nSPS) is 31.2. The van der Waals surface area contributed by atoms with Crippen molar-refractivity contribution in [3.63, 3.8) is 0 Å². The van der Waals surface area contributed by atoms with Gasteiger partial charge in [0.05, 0.1) is 0 Å². The number of piperazine rings is 1. The minimum Gasteiger partial charge on any atom is -0.340 e. The van der Waals surface area contributed by atoms with Gasteiger partial charge in [-0.05, 0) is 44.9 Å². The number of amides is 2. The summed E-state index contributed by atoms with van der Waals surface area (Å²) in [6.07, 6.45) is 6.69. The van der Waals surface area contributed by atoms with Crippen LogP contribution in [0.2, 0.25) is 0 Å². The minimum atomic E-state index is -0.660. The Bertz CT molecular complexity index is 406. The lowest BCUT2D eigenvalue weighted by molar-refractivity contribution is -0.155. The Hall–Kier alpha value is -1.06. The Balaban J connectivity index is 2.11. The largest absolute Gasteiger partial charge is 0.340 e. The minimum absolute atomic E-state index is 0.00865. The zero-order valence-electron chi connectivity index (χ0n) is 13.9. The van der Waals surface area contributed by atoms with Crippen molar-refractivity contribution in [2.75, 3.05) is 6.54 Å². The van der Waals surface area contributed by atoms with Gasteiger partial charge in [0.25, 0.3) is 0 Å². The lowest BCUT2D eigenvalue weighted by Gasteiger charge is -2.44. The first-order chi connectivity index (χ1) is 9.93. The van der Waals surface area contributed by atoms with Gasteiger partial charge < -0.3 is 10.2 Å². The highest BCUT2D eigenvalue weighted by Crippen LogP contribution is 2.42. The van der Waals surface area contributed by atoms with Crippen LogP contribution in [0.3, 0.4) is 0 Å². The molecule has 1 saturated carbocycles. The van der Waals surface area contributed by atoms with Crippen LogP contribution >= 0.6 is 0 Å². The van der Waals surface area contributed by atoms with Crippen molar-refractivity contribution in [3.05, 3.63) is 0 Å². The molecule has 1 saturated heterocycles. The van der Waals surface area contributed by atoms with Gasteiger partial charge in [-0.25, -0.2) is 0 Å². The standard InChI is InChI=1S/C17H30N2O2/c1-5-7-8-13(6-2)11-19-12(3)15(20)18-17(4,16(19)21)14-9-10-14/h12-14H,5-11H2,1-4H3,(H,18,20). The Morgan fingerprint density at radius 1 is 1.33 bits per heavy atom. The van der Waals surface area contributed by atoms with E-state index in [-0.39, 0.29) is 17.9 Å². The van der Waals surface area contributed by atoms with Gasteiger partial charge in [0.1, 0.15) is 11.6 Å². The third kappa shape index (κ3) is 3.24. The molecule has 4 heteroatoms. The third-order valence-corrected chi connectivity index (χ3v) is 5.33. The number of carbonyl (C=O) groups is 2. The zero-order chi connectivity index (χ0) is 15.6. The van der Waals surface area contributed by atoms with E-state index in [2.05, 4.69) is 19.2 Å². The Morgan fingerprint density at radius 3 is 2.52 bits per heavy atom. The summed E-state index contributed by atoms with van der Waals surface area (Å²) in [6.45, 7) is 8.87. The number of nitrogens with zero attached hydrogens (tertiary/aromatic N) is 1. The molecule has 1 N–H and O–H groups in total. The maximum atomic E-state index is 12.9. The Labute approximate surface area is 128 Å². The molecule has 2 rings (SSSR count). The van der Waals surface area contributed by atoms with Crippen LogP contribution < -0.4 is 5.32 Å². The highest BCUT2D eigenvalue weighted by Gasteiger charge is 2.54. The van der Waals surface area contributed by atoms with E-state index in [9.17, 15) is 9.59 Å².